The molecule has 3 aromatic rings. The lowest BCUT2D eigenvalue weighted by Crippen LogP contribution is -2.51. The highest BCUT2D eigenvalue weighted by atomic mass is 16.2. The molecule has 2 N–H and O–H groups in total. The van der Waals surface area contributed by atoms with Crippen molar-refractivity contribution in [2.75, 3.05) is 18.0 Å². The Labute approximate surface area is 201 Å². The van der Waals surface area contributed by atoms with Gasteiger partial charge in [-0.3, -0.25) is 14.5 Å². The Kier molecular flexibility index (Phi) is 6.72. The van der Waals surface area contributed by atoms with Crippen LogP contribution < -0.4 is 15.5 Å². The van der Waals surface area contributed by atoms with Crippen LogP contribution in [0.4, 0.5) is 5.69 Å². The summed E-state index contributed by atoms with van der Waals surface area (Å²) in [5.74, 6) is 0.310. The smallest absolute Gasteiger partial charge is 0.259 e. The summed E-state index contributed by atoms with van der Waals surface area (Å²) >= 11 is 0. The number of anilines is 1. The fraction of sp³-hybridized carbons (Fsp3) is 0.310. The average molecular weight is 454 g/mol. The summed E-state index contributed by atoms with van der Waals surface area (Å²) in [7, 11) is 0. The molecule has 5 heteroatoms. The Morgan fingerprint density at radius 2 is 1.50 bits per heavy atom. The minimum Gasteiger partial charge on any atom is -0.331 e. The Morgan fingerprint density at radius 3 is 2.26 bits per heavy atom. The van der Waals surface area contributed by atoms with E-state index in [0.717, 1.165) is 50.0 Å². The molecule has 0 aliphatic carbocycles. The number of benzene rings is 3. The third kappa shape index (κ3) is 4.75. The van der Waals surface area contributed by atoms with Gasteiger partial charge in [0.15, 0.2) is 0 Å². The second-order valence-electron chi connectivity index (χ2n) is 9.20. The first-order valence-corrected chi connectivity index (χ1v) is 12.3. The Bertz CT molecular complexity index is 1140. The lowest BCUT2D eigenvalue weighted by Gasteiger charge is -2.32. The maximum atomic E-state index is 13.6. The minimum atomic E-state index is -0.409. The number of piperidine rings is 1. The van der Waals surface area contributed by atoms with Crippen molar-refractivity contribution >= 4 is 17.5 Å². The fourth-order valence-corrected chi connectivity index (χ4v) is 5.14. The van der Waals surface area contributed by atoms with Crippen molar-refractivity contribution < 1.29 is 9.59 Å². The third-order valence-electron chi connectivity index (χ3n) is 7.01. The summed E-state index contributed by atoms with van der Waals surface area (Å²) in [6, 6.07) is 25.3. The highest BCUT2D eigenvalue weighted by Gasteiger charge is 2.31. The molecule has 1 fully saturated rings. The maximum Gasteiger partial charge on any atom is 0.259 e. The summed E-state index contributed by atoms with van der Waals surface area (Å²) in [4.78, 5) is 28.7. The third-order valence-corrected chi connectivity index (χ3v) is 7.01. The molecule has 0 spiro atoms. The van der Waals surface area contributed by atoms with Gasteiger partial charge in [0, 0.05) is 16.8 Å². The molecule has 2 amide bonds. The van der Waals surface area contributed by atoms with Crippen LogP contribution in [0.2, 0.25) is 0 Å². The number of fused-ring (bicyclic) bond motifs is 1. The van der Waals surface area contributed by atoms with Gasteiger partial charge in [0.25, 0.3) is 11.8 Å². The molecule has 1 atom stereocenters. The zero-order valence-electron chi connectivity index (χ0n) is 19.4. The van der Waals surface area contributed by atoms with Gasteiger partial charge < -0.3 is 10.6 Å². The predicted octanol–water partition coefficient (Wildman–Crippen LogP) is 4.89. The van der Waals surface area contributed by atoms with Crippen LogP contribution in [0.1, 0.15) is 63.4 Å². The van der Waals surface area contributed by atoms with Crippen LogP contribution in [0.15, 0.2) is 78.9 Å². The van der Waals surface area contributed by atoms with Crippen LogP contribution in [0.3, 0.4) is 0 Å². The van der Waals surface area contributed by atoms with Gasteiger partial charge in [0.2, 0.25) is 0 Å². The molecule has 1 saturated heterocycles. The largest absolute Gasteiger partial charge is 0.331 e. The molecule has 5 nitrogen and oxygen atoms in total. The van der Waals surface area contributed by atoms with Gasteiger partial charge in [-0.2, -0.15) is 0 Å². The van der Waals surface area contributed by atoms with Crippen LogP contribution >= 0.6 is 0 Å². The number of rotatable bonds is 4. The first-order valence-electron chi connectivity index (χ1n) is 12.3. The minimum absolute atomic E-state index is 0.0958. The second-order valence-corrected chi connectivity index (χ2v) is 9.20. The monoisotopic (exact) mass is 453 g/mol. The van der Waals surface area contributed by atoms with Crippen molar-refractivity contribution in [3.63, 3.8) is 0 Å². The average Bonchev–Trinajstić information content (AvgIpc) is 3.08. The van der Waals surface area contributed by atoms with E-state index in [1.807, 2.05) is 60.7 Å². The Hall–Kier alpha value is -3.44. The molecule has 0 radical (unpaired) electrons. The van der Waals surface area contributed by atoms with Crippen molar-refractivity contribution in [3.05, 3.63) is 101 Å². The van der Waals surface area contributed by atoms with Crippen molar-refractivity contribution in [2.45, 2.75) is 44.2 Å². The number of amides is 2. The Balaban J connectivity index is 1.39. The molecule has 0 bridgehead atoms. The van der Waals surface area contributed by atoms with E-state index in [1.54, 1.807) is 4.90 Å². The number of carbonyl (C=O) groups is 2. The Morgan fingerprint density at radius 1 is 0.794 bits per heavy atom. The number of para-hydroxylation sites is 1. The van der Waals surface area contributed by atoms with Gasteiger partial charge in [0.05, 0.1) is 0 Å². The number of hydrogen-bond acceptors (Lipinski definition) is 3. The van der Waals surface area contributed by atoms with Crippen LogP contribution in [-0.2, 0) is 6.42 Å². The summed E-state index contributed by atoms with van der Waals surface area (Å²) in [6.07, 6.45) is 4.33. The lowest BCUT2D eigenvalue weighted by atomic mass is 9.90. The lowest BCUT2D eigenvalue weighted by molar-refractivity contribution is 0.0912. The first-order chi connectivity index (χ1) is 16.7. The van der Waals surface area contributed by atoms with Crippen molar-refractivity contribution in [1.82, 2.24) is 10.6 Å². The van der Waals surface area contributed by atoms with E-state index < -0.39 is 6.17 Å². The first kappa shape index (κ1) is 22.4. The predicted molar refractivity (Wildman–Crippen MR) is 135 cm³/mol. The number of hydrogen-bond donors (Lipinski definition) is 2. The van der Waals surface area contributed by atoms with E-state index >= 15 is 0 Å². The van der Waals surface area contributed by atoms with Gasteiger partial charge in [0.1, 0.15) is 6.17 Å². The molecular weight excluding hydrogens is 422 g/mol. The van der Waals surface area contributed by atoms with Crippen LogP contribution in [0, 0.1) is 0 Å². The normalized spacial score (nSPS) is 18.6. The number of nitrogens with one attached hydrogen (secondary N) is 2. The molecular formula is C29H31N3O2. The van der Waals surface area contributed by atoms with Crippen molar-refractivity contribution in [3.8, 4) is 0 Å². The molecule has 34 heavy (non-hydrogen) atoms. The van der Waals surface area contributed by atoms with E-state index in [9.17, 15) is 9.59 Å². The molecule has 5 rings (SSSR count). The van der Waals surface area contributed by atoms with Crippen molar-refractivity contribution in [1.29, 1.82) is 0 Å². The summed E-state index contributed by atoms with van der Waals surface area (Å²) in [6.45, 7) is 2.09. The van der Waals surface area contributed by atoms with Gasteiger partial charge in [-0.05, 0) is 92.6 Å². The molecule has 2 aliphatic heterocycles. The van der Waals surface area contributed by atoms with E-state index in [2.05, 4.69) is 28.8 Å². The van der Waals surface area contributed by atoms with Gasteiger partial charge in [-0.25, -0.2) is 0 Å². The molecule has 2 aliphatic rings. The highest BCUT2D eigenvalue weighted by Crippen LogP contribution is 2.31. The fourth-order valence-electron chi connectivity index (χ4n) is 5.14. The molecule has 174 valence electrons. The summed E-state index contributed by atoms with van der Waals surface area (Å²) < 4.78 is 0. The van der Waals surface area contributed by atoms with Gasteiger partial charge in [-0.1, -0.05) is 48.5 Å². The summed E-state index contributed by atoms with van der Waals surface area (Å²) in [5.41, 5.74) is 4.55. The SMILES string of the molecule is O=C(NC1CCCc2ccccc2N1C(=O)c1ccccc1)c1ccc(C2CCNCC2)cc1. The van der Waals surface area contributed by atoms with E-state index in [-0.39, 0.29) is 11.8 Å². The second kappa shape index (κ2) is 10.2. The van der Waals surface area contributed by atoms with Gasteiger partial charge >= 0.3 is 0 Å². The molecule has 1 unspecified atom stereocenters. The van der Waals surface area contributed by atoms with Crippen LogP contribution in [0.5, 0.6) is 0 Å². The number of nitrogens with zero attached hydrogens (tertiary/aromatic N) is 1. The maximum absolute atomic E-state index is 13.6. The zero-order chi connectivity index (χ0) is 23.3. The van der Waals surface area contributed by atoms with Gasteiger partial charge in [-0.15, -0.1) is 0 Å². The van der Waals surface area contributed by atoms with E-state index in [0.29, 0.717) is 23.5 Å². The van der Waals surface area contributed by atoms with Crippen LogP contribution in [-0.4, -0.2) is 31.1 Å². The van der Waals surface area contributed by atoms with E-state index in [4.69, 9.17) is 0 Å². The van der Waals surface area contributed by atoms with Crippen LogP contribution in [0.25, 0.3) is 0 Å². The quantitative estimate of drug-likeness (QED) is 0.591. The van der Waals surface area contributed by atoms with Crippen molar-refractivity contribution in [2.24, 2.45) is 0 Å². The molecule has 0 saturated carbocycles. The summed E-state index contributed by atoms with van der Waals surface area (Å²) in [5, 5.41) is 6.57. The molecule has 2 heterocycles. The topological polar surface area (TPSA) is 61.4 Å². The number of carbonyl (C=O) groups excluding carboxylic acids is 2. The number of aryl methyl sites for hydroxylation is 1. The standard InChI is InChI=1S/C29H31N3O2/c33-28(24-15-13-21(14-16-24)22-17-19-30-20-18-22)31-27-12-6-10-23-7-4-5-11-26(23)32(27)29(34)25-8-2-1-3-9-25/h1-5,7-9,11,13-16,22,27,30H,6,10,12,17-20H2,(H,31,33). The molecule has 0 aromatic heterocycles. The van der Waals surface area contributed by atoms with E-state index in [1.165, 1.54) is 5.56 Å². The highest BCUT2D eigenvalue weighted by molar-refractivity contribution is 6.07. The zero-order valence-corrected chi connectivity index (χ0v) is 19.4. The molecule has 3 aromatic carbocycles.